The SMILES string of the molecule is C=CC[C@@]1(SC)C(=O)N(c2ccc(OC)cc2)[C@@H]1c1ccccc1. The molecule has 0 aromatic heterocycles. The molecule has 1 aliphatic rings. The highest BCUT2D eigenvalue weighted by atomic mass is 32.2. The van der Waals surface area contributed by atoms with Crippen LogP contribution in [-0.2, 0) is 4.79 Å². The first kappa shape index (κ1) is 16.7. The number of hydrogen-bond donors (Lipinski definition) is 0. The van der Waals surface area contributed by atoms with Gasteiger partial charge in [0.25, 0.3) is 0 Å². The third kappa shape index (κ3) is 2.51. The van der Waals surface area contributed by atoms with E-state index in [0.29, 0.717) is 6.42 Å². The number of carbonyl (C=O) groups is 1. The van der Waals surface area contributed by atoms with Crippen LogP contribution in [0.4, 0.5) is 5.69 Å². The Labute approximate surface area is 147 Å². The second-order valence-corrected chi connectivity index (χ2v) is 6.91. The predicted molar refractivity (Wildman–Crippen MR) is 101 cm³/mol. The molecule has 24 heavy (non-hydrogen) atoms. The van der Waals surface area contributed by atoms with E-state index in [0.717, 1.165) is 17.0 Å². The van der Waals surface area contributed by atoms with Gasteiger partial charge in [0, 0.05) is 5.69 Å². The van der Waals surface area contributed by atoms with E-state index >= 15 is 0 Å². The Kier molecular flexibility index (Phi) is 4.67. The molecule has 0 N–H and O–H groups in total. The molecule has 3 rings (SSSR count). The molecule has 1 saturated heterocycles. The number of carbonyl (C=O) groups excluding carboxylic acids is 1. The number of ether oxygens (including phenoxy) is 1. The summed E-state index contributed by atoms with van der Waals surface area (Å²) in [6.45, 7) is 3.86. The average molecular weight is 339 g/mol. The van der Waals surface area contributed by atoms with E-state index in [1.54, 1.807) is 18.9 Å². The smallest absolute Gasteiger partial charge is 0.246 e. The molecule has 4 heteroatoms. The largest absolute Gasteiger partial charge is 0.497 e. The van der Waals surface area contributed by atoms with Gasteiger partial charge < -0.3 is 9.64 Å². The van der Waals surface area contributed by atoms with Crippen molar-refractivity contribution in [1.29, 1.82) is 0 Å². The number of hydrogen-bond acceptors (Lipinski definition) is 3. The van der Waals surface area contributed by atoms with Crippen LogP contribution >= 0.6 is 11.8 Å². The highest BCUT2D eigenvalue weighted by Crippen LogP contribution is 2.54. The maximum Gasteiger partial charge on any atom is 0.246 e. The van der Waals surface area contributed by atoms with Crippen LogP contribution in [0.25, 0.3) is 0 Å². The molecular weight excluding hydrogens is 318 g/mol. The van der Waals surface area contributed by atoms with E-state index in [9.17, 15) is 4.79 Å². The van der Waals surface area contributed by atoms with Gasteiger partial charge in [0.05, 0.1) is 13.2 Å². The maximum atomic E-state index is 13.1. The van der Waals surface area contributed by atoms with Crippen LogP contribution in [0.3, 0.4) is 0 Å². The first-order valence-corrected chi connectivity index (χ1v) is 9.09. The topological polar surface area (TPSA) is 29.5 Å². The average Bonchev–Trinajstić information content (AvgIpc) is 2.64. The van der Waals surface area contributed by atoms with E-state index in [1.807, 2.05) is 59.7 Å². The summed E-state index contributed by atoms with van der Waals surface area (Å²) < 4.78 is 4.74. The molecule has 1 amide bonds. The standard InChI is InChI=1S/C20H21NO2S/c1-4-14-20(24-3)18(15-8-6-5-7-9-15)21(19(20)22)16-10-12-17(23-2)13-11-16/h4-13,18H,1,14H2,2-3H3/t18-,20+/m1/s1. The van der Waals surface area contributed by atoms with Gasteiger partial charge in [0.15, 0.2) is 0 Å². The first-order chi connectivity index (χ1) is 11.7. The van der Waals surface area contributed by atoms with E-state index < -0.39 is 4.75 Å². The molecule has 0 aliphatic carbocycles. The Hall–Kier alpha value is -2.20. The zero-order valence-corrected chi connectivity index (χ0v) is 14.8. The number of thioether (sulfide) groups is 1. The lowest BCUT2D eigenvalue weighted by Crippen LogP contribution is -2.66. The summed E-state index contributed by atoms with van der Waals surface area (Å²) in [4.78, 5) is 15.0. The molecular formula is C20H21NO2S. The fourth-order valence-corrected chi connectivity index (χ4v) is 4.36. The zero-order valence-electron chi connectivity index (χ0n) is 13.9. The molecule has 1 fully saturated rings. The van der Waals surface area contributed by atoms with Crippen molar-refractivity contribution in [1.82, 2.24) is 0 Å². The summed E-state index contributed by atoms with van der Waals surface area (Å²) in [7, 11) is 1.64. The van der Waals surface area contributed by atoms with Gasteiger partial charge in [-0.2, -0.15) is 0 Å². The molecule has 0 spiro atoms. The van der Waals surface area contributed by atoms with Gasteiger partial charge in [-0.1, -0.05) is 36.4 Å². The number of allylic oxidation sites excluding steroid dienone is 1. The molecule has 1 heterocycles. The monoisotopic (exact) mass is 339 g/mol. The predicted octanol–water partition coefficient (Wildman–Crippen LogP) is 4.46. The van der Waals surface area contributed by atoms with Crippen molar-refractivity contribution < 1.29 is 9.53 Å². The number of methoxy groups -OCH3 is 1. The summed E-state index contributed by atoms with van der Waals surface area (Å²) in [5, 5.41) is 0. The fraction of sp³-hybridized carbons (Fsp3) is 0.250. The minimum atomic E-state index is -0.483. The minimum absolute atomic E-state index is 0.00686. The van der Waals surface area contributed by atoms with Crippen LogP contribution in [0.15, 0.2) is 67.3 Å². The number of β-lactam (4-membered cyclic amide) rings is 1. The zero-order chi connectivity index (χ0) is 17.2. The van der Waals surface area contributed by atoms with Crippen molar-refractivity contribution in [3.63, 3.8) is 0 Å². The number of benzene rings is 2. The van der Waals surface area contributed by atoms with Crippen LogP contribution in [0.5, 0.6) is 5.75 Å². The Morgan fingerprint density at radius 3 is 2.42 bits per heavy atom. The highest BCUT2D eigenvalue weighted by molar-refractivity contribution is 8.01. The van der Waals surface area contributed by atoms with Gasteiger partial charge >= 0.3 is 0 Å². The summed E-state index contributed by atoms with van der Waals surface area (Å²) in [5.74, 6) is 0.916. The van der Waals surface area contributed by atoms with E-state index in [2.05, 4.69) is 18.7 Å². The van der Waals surface area contributed by atoms with Crippen LogP contribution < -0.4 is 9.64 Å². The van der Waals surface area contributed by atoms with Crippen molar-refractivity contribution in [3.05, 3.63) is 72.8 Å². The summed E-state index contributed by atoms with van der Waals surface area (Å²) >= 11 is 1.61. The highest BCUT2D eigenvalue weighted by Gasteiger charge is 2.60. The number of rotatable bonds is 6. The first-order valence-electron chi connectivity index (χ1n) is 7.86. The third-order valence-electron chi connectivity index (χ3n) is 4.56. The molecule has 2 aromatic carbocycles. The summed E-state index contributed by atoms with van der Waals surface area (Å²) in [5.41, 5.74) is 2.03. The van der Waals surface area contributed by atoms with Crippen molar-refractivity contribution in [2.75, 3.05) is 18.3 Å². The van der Waals surface area contributed by atoms with Gasteiger partial charge in [0.2, 0.25) is 5.91 Å². The van der Waals surface area contributed by atoms with Crippen LogP contribution in [-0.4, -0.2) is 24.0 Å². The quantitative estimate of drug-likeness (QED) is 0.575. The van der Waals surface area contributed by atoms with Crippen LogP contribution in [0.2, 0.25) is 0 Å². The number of nitrogens with zero attached hydrogens (tertiary/aromatic N) is 1. The van der Waals surface area contributed by atoms with E-state index in [-0.39, 0.29) is 11.9 Å². The van der Waals surface area contributed by atoms with E-state index in [1.165, 1.54) is 0 Å². The molecule has 2 aromatic rings. The second kappa shape index (κ2) is 6.73. The molecule has 2 atom stereocenters. The third-order valence-corrected chi connectivity index (χ3v) is 5.85. The molecule has 0 unspecified atom stereocenters. The molecule has 0 saturated carbocycles. The molecule has 0 bridgehead atoms. The van der Waals surface area contributed by atoms with Crippen LogP contribution in [0, 0.1) is 0 Å². The van der Waals surface area contributed by atoms with Crippen molar-refractivity contribution >= 4 is 23.4 Å². The Morgan fingerprint density at radius 2 is 1.88 bits per heavy atom. The molecule has 124 valence electrons. The Morgan fingerprint density at radius 1 is 1.21 bits per heavy atom. The number of anilines is 1. The lowest BCUT2D eigenvalue weighted by atomic mass is 9.78. The maximum absolute atomic E-state index is 13.1. The molecule has 3 nitrogen and oxygen atoms in total. The number of amides is 1. The Bertz CT molecular complexity index is 729. The lowest BCUT2D eigenvalue weighted by molar-refractivity contribution is -0.127. The fourth-order valence-electron chi connectivity index (χ4n) is 3.34. The van der Waals surface area contributed by atoms with Gasteiger partial charge in [-0.25, -0.2) is 0 Å². The summed E-state index contributed by atoms with van der Waals surface area (Å²) in [6.07, 6.45) is 4.50. The minimum Gasteiger partial charge on any atom is -0.497 e. The van der Waals surface area contributed by atoms with Gasteiger partial charge in [-0.15, -0.1) is 18.3 Å². The second-order valence-electron chi connectivity index (χ2n) is 5.77. The van der Waals surface area contributed by atoms with Gasteiger partial charge in [0.1, 0.15) is 10.5 Å². The Balaban J connectivity index is 2.04. The van der Waals surface area contributed by atoms with Crippen molar-refractivity contribution in [3.8, 4) is 5.75 Å². The summed E-state index contributed by atoms with van der Waals surface area (Å²) in [6, 6.07) is 17.8. The van der Waals surface area contributed by atoms with Crippen molar-refractivity contribution in [2.24, 2.45) is 0 Å². The molecule has 1 aliphatic heterocycles. The lowest BCUT2D eigenvalue weighted by Gasteiger charge is -2.55. The van der Waals surface area contributed by atoms with Gasteiger partial charge in [-0.05, 0) is 42.5 Å². The van der Waals surface area contributed by atoms with Crippen LogP contribution in [0.1, 0.15) is 18.0 Å². The normalized spacial score (nSPS) is 22.8. The molecule has 0 radical (unpaired) electrons. The van der Waals surface area contributed by atoms with Crippen molar-refractivity contribution in [2.45, 2.75) is 17.2 Å². The van der Waals surface area contributed by atoms with Gasteiger partial charge in [-0.3, -0.25) is 4.79 Å². The van der Waals surface area contributed by atoms with E-state index in [4.69, 9.17) is 4.74 Å².